The van der Waals surface area contributed by atoms with Crippen LogP contribution in [0, 0.1) is 5.92 Å². The number of nitrogens with one attached hydrogen (secondary N) is 1. The third kappa shape index (κ3) is 3.74. The van der Waals surface area contributed by atoms with Gasteiger partial charge in [0.05, 0.1) is 0 Å². The van der Waals surface area contributed by atoms with E-state index in [0.29, 0.717) is 5.92 Å². The van der Waals surface area contributed by atoms with Crippen molar-refractivity contribution in [3.05, 3.63) is 41.1 Å². The fraction of sp³-hybridized carbons (Fsp3) is 0.471. The lowest BCUT2D eigenvalue weighted by atomic mass is 10.2. The standard InChI is InChI=1S/C17H22ClN3O/c1-13(14-5-6-14)12-19-17(22)21-9-7-20(8-10-21)16-4-2-3-15(18)11-16/h2-4,11-12,14H,5-10H2,1H3,(H,19,22)/b13-12+. The number of urea groups is 1. The molecule has 1 saturated heterocycles. The van der Waals surface area contributed by atoms with Gasteiger partial charge in [0.2, 0.25) is 0 Å². The van der Waals surface area contributed by atoms with Crippen molar-refractivity contribution in [1.82, 2.24) is 10.2 Å². The summed E-state index contributed by atoms with van der Waals surface area (Å²) in [6.07, 6.45) is 4.40. The van der Waals surface area contributed by atoms with Crippen LogP contribution in [0.3, 0.4) is 0 Å². The summed E-state index contributed by atoms with van der Waals surface area (Å²) in [5, 5.41) is 3.67. The molecule has 1 aliphatic carbocycles. The molecular formula is C17H22ClN3O. The Bertz CT molecular complexity index is 575. The summed E-state index contributed by atoms with van der Waals surface area (Å²) >= 11 is 6.04. The number of nitrogens with zero attached hydrogens (tertiary/aromatic N) is 2. The molecule has 0 unspecified atom stereocenters. The molecular weight excluding hydrogens is 298 g/mol. The van der Waals surface area contributed by atoms with Crippen LogP contribution in [0.1, 0.15) is 19.8 Å². The molecule has 22 heavy (non-hydrogen) atoms. The van der Waals surface area contributed by atoms with Crippen molar-refractivity contribution < 1.29 is 4.79 Å². The fourth-order valence-corrected chi connectivity index (χ4v) is 2.95. The van der Waals surface area contributed by atoms with Gasteiger partial charge in [-0.3, -0.25) is 0 Å². The van der Waals surface area contributed by atoms with Crippen molar-refractivity contribution in [2.75, 3.05) is 31.1 Å². The Kier molecular flexibility index (Phi) is 4.57. The van der Waals surface area contributed by atoms with Crippen molar-refractivity contribution >= 4 is 23.3 Å². The highest BCUT2D eigenvalue weighted by atomic mass is 35.5. The second-order valence-electron chi connectivity index (χ2n) is 6.07. The van der Waals surface area contributed by atoms with E-state index in [1.165, 1.54) is 18.4 Å². The monoisotopic (exact) mass is 319 g/mol. The first-order chi connectivity index (χ1) is 10.6. The number of hydrogen-bond donors (Lipinski definition) is 1. The summed E-state index contributed by atoms with van der Waals surface area (Å²) in [5.74, 6) is 0.694. The molecule has 1 saturated carbocycles. The van der Waals surface area contributed by atoms with Gasteiger partial charge in [-0.1, -0.05) is 23.2 Å². The maximum atomic E-state index is 12.2. The summed E-state index contributed by atoms with van der Waals surface area (Å²) in [6, 6.07) is 7.87. The summed E-state index contributed by atoms with van der Waals surface area (Å²) in [4.78, 5) is 16.3. The van der Waals surface area contributed by atoms with E-state index in [-0.39, 0.29) is 6.03 Å². The highest BCUT2D eigenvalue weighted by Crippen LogP contribution is 2.35. The normalized spacial score (nSPS) is 19.3. The van der Waals surface area contributed by atoms with Gasteiger partial charge in [-0.25, -0.2) is 4.79 Å². The Morgan fingerprint density at radius 2 is 2.00 bits per heavy atom. The molecule has 0 aromatic heterocycles. The highest BCUT2D eigenvalue weighted by Gasteiger charge is 2.24. The molecule has 5 heteroatoms. The van der Waals surface area contributed by atoms with Gasteiger partial charge in [0.25, 0.3) is 0 Å². The van der Waals surface area contributed by atoms with Crippen molar-refractivity contribution in [1.29, 1.82) is 0 Å². The van der Waals surface area contributed by atoms with E-state index in [1.54, 1.807) is 0 Å². The van der Waals surface area contributed by atoms with Gasteiger partial charge in [0.15, 0.2) is 0 Å². The number of benzene rings is 1. The Hall–Kier alpha value is -1.68. The van der Waals surface area contributed by atoms with Gasteiger partial charge < -0.3 is 15.1 Å². The molecule has 0 bridgehead atoms. The number of allylic oxidation sites excluding steroid dienone is 1. The minimum absolute atomic E-state index is 0.00532. The first-order valence-electron chi connectivity index (χ1n) is 7.86. The molecule has 118 valence electrons. The number of hydrogen-bond acceptors (Lipinski definition) is 2. The van der Waals surface area contributed by atoms with E-state index in [9.17, 15) is 4.79 Å². The summed E-state index contributed by atoms with van der Waals surface area (Å²) in [6.45, 7) is 5.22. The number of anilines is 1. The van der Waals surface area contributed by atoms with Gasteiger partial charge >= 0.3 is 6.03 Å². The molecule has 1 aliphatic heterocycles. The van der Waals surface area contributed by atoms with Crippen LogP contribution in [0.4, 0.5) is 10.5 Å². The Morgan fingerprint density at radius 3 is 2.64 bits per heavy atom. The lowest BCUT2D eigenvalue weighted by Crippen LogP contribution is -2.51. The minimum atomic E-state index is 0.00532. The van der Waals surface area contributed by atoms with Crippen LogP contribution in [0.15, 0.2) is 36.0 Å². The maximum Gasteiger partial charge on any atom is 0.321 e. The van der Waals surface area contributed by atoms with Gasteiger partial charge in [0, 0.05) is 43.1 Å². The highest BCUT2D eigenvalue weighted by molar-refractivity contribution is 6.30. The van der Waals surface area contributed by atoms with E-state index in [0.717, 1.165) is 36.9 Å². The summed E-state index contributed by atoms with van der Waals surface area (Å²) in [7, 11) is 0. The molecule has 2 amide bonds. The second kappa shape index (κ2) is 6.61. The van der Waals surface area contributed by atoms with E-state index in [4.69, 9.17) is 11.6 Å². The predicted octanol–water partition coefficient (Wildman–Crippen LogP) is 3.49. The average Bonchev–Trinajstić information content (AvgIpc) is 3.37. The number of carbonyl (C=O) groups is 1. The largest absolute Gasteiger partial charge is 0.368 e. The van der Waals surface area contributed by atoms with Crippen molar-refractivity contribution in [2.24, 2.45) is 5.92 Å². The molecule has 3 rings (SSSR count). The van der Waals surface area contributed by atoms with Crippen molar-refractivity contribution in [3.63, 3.8) is 0 Å². The zero-order chi connectivity index (χ0) is 15.5. The third-order valence-corrected chi connectivity index (χ3v) is 4.62. The van der Waals surface area contributed by atoms with Gasteiger partial charge in [-0.15, -0.1) is 0 Å². The number of carbonyl (C=O) groups excluding carboxylic acids is 1. The number of rotatable bonds is 3. The van der Waals surface area contributed by atoms with Crippen LogP contribution in [-0.2, 0) is 0 Å². The molecule has 0 atom stereocenters. The number of piperazine rings is 1. The number of halogens is 1. The van der Waals surface area contributed by atoms with Crippen molar-refractivity contribution in [2.45, 2.75) is 19.8 Å². The Balaban J connectivity index is 1.50. The molecule has 4 nitrogen and oxygen atoms in total. The van der Waals surface area contributed by atoms with E-state index >= 15 is 0 Å². The van der Waals surface area contributed by atoms with Crippen LogP contribution in [0.2, 0.25) is 5.02 Å². The first kappa shape index (κ1) is 15.2. The van der Waals surface area contributed by atoms with E-state index in [2.05, 4.69) is 23.2 Å². The lowest BCUT2D eigenvalue weighted by molar-refractivity contribution is 0.198. The van der Waals surface area contributed by atoms with E-state index in [1.807, 2.05) is 29.3 Å². The molecule has 1 heterocycles. The zero-order valence-corrected chi connectivity index (χ0v) is 13.6. The summed E-state index contributed by atoms with van der Waals surface area (Å²) < 4.78 is 0. The molecule has 1 N–H and O–H groups in total. The smallest absolute Gasteiger partial charge is 0.321 e. The van der Waals surface area contributed by atoms with Crippen LogP contribution in [0.25, 0.3) is 0 Å². The molecule has 2 aliphatic rings. The fourth-order valence-electron chi connectivity index (χ4n) is 2.76. The first-order valence-corrected chi connectivity index (χ1v) is 8.24. The van der Waals surface area contributed by atoms with Crippen LogP contribution >= 0.6 is 11.6 Å². The number of amides is 2. The van der Waals surface area contributed by atoms with Gasteiger partial charge in [0.1, 0.15) is 0 Å². The molecule has 1 aromatic carbocycles. The average molecular weight is 320 g/mol. The van der Waals surface area contributed by atoms with Crippen molar-refractivity contribution in [3.8, 4) is 0 Å². The van der Waals surface area contributed by atoms with Gasteiger partial charge in [-0.05, 0) is 43.9 Å². The molecule has 0 radical (unpaired) electrons. The Morgan fingerprint density at radius 1 is 1.27 bits per heavy atom. The second-order valence-corrected chi connectivity index (χ2v) is 6.50. The lowest BCUT2D eigenvalue weighted by Gasteiger charge is -2.36. The maximum absolute atomic E-state index is 12.2. The molecule has 0 spiro atoms. The van der Waals surface area contributed by atoms with E-state index < -0.39 is 0 Å². The Labute approximate surface area is 136 Å². The molecule has 1 aromatic rings. The van der Waals surface area contributed by atoms with Crippen LogP contribution in [-0.4, -0.2) is 37.1 Å². The van der Waals surface area contributed by atoms with Crippen LogP contribution < -0.4 is 10.2 Å². The quantitative estimate of drug-likeness (QED) is 0.925. The third-order valence-electron chi connectivity index (χ3n) is 4.38. The topological polar surface area (TPSA) is 35.6 Å². The summed E-state index contributed by atoms with van der Waals surface area (Å²) in [5.41, 5.74) is 2.41. The van der Waals surface area contributed by atoms with Crippen LogP contribution in [0.5, 0.6) is 0 Å². The minimum Gasteiger partial charge on any atom is -0.368 e. The predicted molar refractivity (Wildman–Crippen MR) is 90.3 cm³/mol. The zero-order valence-electron chi connectivity index (χ0n) is 12.9. The molecule has 2 fully saturated rings. The SMILES string of the molecule is C/C(=C\NC(=O)N1CCN(c2cccc(Cl)c2)CC1)C1CC1. The van der Waals surface area contributed by atoms with Gasteiger partial charge in [-0.2, -0.15) is 0 Å².